The number of β-lactam (4-membered cyclic amide) rings is 1. The first-order valence-electron chi connectivity index (χ1n) is 14.8. The van der Waals surface area contributed by atoms with Crippen molar-refractivity contribution in [3.8, 4) is 0 Å². The van der Waals surface area contributed by atoms with Crippen LogP contribution in [0, 0.1) is 6.92 Å². The molecular weight excluding hydrogens is 769 g/mol. The van der Waals surface area contributed by atoms with E-state index < -0.39 is 77.2 Å². The fourth-order valence-electron chi connectivity index (χ4n) is 5.35. The Balaban J connectivity index is 1.34. The molecule has 23 nitrogen and oxygen atoms in total. The summed E-state index contributed by atoms with van der Waals surface area (Å²) in [6.07, 6.45) is 2.33. The van der Waals surface area contributed by atoms with Gasteiger partial charge in [-0.05, 0) is 38.9 Å². The third-order valence-corrected chi connectivity index (χ3v) is 12.3. The molecule has 3 aliphatic rings. The molecule has 3 aliphatic heterocycles. The molecule has 4 amide bonds. The second kappa shape index (κ2) is 15.7. The van der Waals surface area contributed by atoms with E-state index in [-0.39, 0.29) is 40.6 Å². The molecule has 0 aromatic carbocycles. The van der Waals surface area contributed by atoms with Crippen molar-refractivity contribution in [3.05, 3.63) is 40.2 Å². The highest BCUT2D eigenvalue weighted by Gasteiger charge is 2.56. The largest absolute Gasteiger partial charge is 0.480 e. The number of nitrogens with one attached hydrogen (secondary N) is 2. The molecule has 274 valence electrons. The summed E-state index contributed by atoms with van der Waals surface area (Å²) in [7, 11) is 0. The summed E-state index contributed by atoms with van der Waals surface area (Å²) in [5, 5.41) is 63.4. The van der Waals surface area contributed by atoms with Crippen LogP contribution < -0.4 is 10.6 Å². The number of carboxylic acids is 2. The van der Waals surface area contributed by atoms with Crippen LogP contribution in [0.25, 0.3) is 0 Å². The Morgan fingerprint density at radius 2 is 1.63 bits per heavy atom. The van der Waals surface area contributed by atoms with E-state index in [1.165, 1.54) is 17.7 Å². The van der Waals surface area contributed by atoms with Gasteiger partial charge in [-0.1, -0.05) is 23.1 Å². The monoisotopic (exact) mass is 794 g/mol. The van der Waals surface area contributed by atoms with Gasteiger partial charge in [0, 0.05) is 17.3 Å². The zero-order chi connectivity index (χ0) is 37.1. The zero-order valence-corrected chi connectivity index (χ0v) is 29.8. The van der Waals surface area contributed by atoms with Crippen molar-refractivity contribution < 1.29 is 44.1 Å². The number of amides is 4. The van der Waals surface area contributed by atoms with Gasteiger partial charge in [-0.3, -0.25) is 29.0 Å². The Kier molecular flexibility index (Phi) is 11.1. The maximum absolute atomic E-state index is 14.8. The van der Waals surface area contributed by atoms with Crippen molar-refractivity contribution in [1.29, 1.82) is 0 Å². The molecule has 0 unspecified atom stereocenters. The molecule has 0 aliphatic carbocycles. The molecular formula is C25H26N14O9S4. The first-order chi connectivity index (χ1) is 25.0. The molecule has 6 heterocycles. The zero-order valence-electron chi connectivity index (χ0n) is 26.5. The third kappa shape index (κ3) is 7.61. The van der Waals surface area contributed by atoms with E-state index in [1.54, 1.807) is 6.92 Å². The topological polar surface area (TPSA) is 307 Å². The predicted molar refractivity (Wildman–Crippen MR) is 177 cm³/mol. The van der Waals surface area contributed by atoms with E-state index in [0.29, 0.717) is 9.35 Å². The summed E-state index contributed by atoms with van der Waals surface area (Å²) in [5.41, 5.74) is -0.654. The maximum atomic E-state index is 14.8. The molecule has 4 atom stereocenters. The number of carboxylic acid groups (broad SMARTS) is 2. The number of aromatic nitrogens is 10. The van der Waals surface area contributed by atoms with Crippen molar-refractivity contribution in [1.82, 2.24) is 71.0 Å². The molecule has 52 heavy (non-hydrogen) atoms. The Bertz CT molecular complexity index is 1950. The molecule has 0 bridgehead atoms. The molecule has 27 heteroatoms. The number of hydrogen-bond acceptors (Lipinski definition) is 19. The number of hydrogen-bond donors (Lipinski definition) is 5. The van der Waals surface area contributed by atoms with Crippen LogP contribution in [0.3, 0.4) is 0 Å². The van der Waals surface area contributed by atoms with Gasteiger partial charge in [0.25, 0.3) is 11.8 Å². The number of carbonyl (C=O) groups excluding carboxylic acids is 4. The quantitative estimate of drug-likeness (QED) is 0.0791. The van der Waals surface area contributed by atoms with Crippen molar-refractivity contribution in [2.75, 3.05) is 23.9 Å². The summed E-state index contributed by atoms with van der Waals surface area (Å²) in [6.45, 7) is 0.246. The Morgan fingerprint density at radius 1 is 0.962 bits per heavy atom. The molecule has 0 spiro atoms. The molecule has 3 aromatic heterocycles. The van der Waals surface area contributed by atoms with Crippen LogP contribution in [0.2, 0.25) is 0 Å². The van der Waals surface area contributed by atoms with E-state index in [2.05, 4.69) is 51.9 Å². The molecule has 0 saturated carbocycles. The van der Waals surface area contributed by atoms with E-state index in [1.807, 2.05) is 0 Å². The van der Waals surface area contributed by atoms with Gasteiger partial charge >= 0.3 is 11.9 Å². The number of aliphatic hydroxyl groups is 1. The van der Waals surface area contributed by atoms with E-state index in [4.69, 9.17) is 0 Å². The van der Waals surface area contributed by atoms with Gasteiger partial charge in [0.05, 0.1) is 6.61 Å². The molecule has 5 N–H and O–H groups in total. The first kappa shape index (κ1) is 36.8. The lowest BCUT2D eigenvalue weighted by Gasteiger charge is -2.51. The minimum Gasteiger partial charge on any atom is -0.480 e. The molecule has 6 rings (SSSR count). The normalized spacial score (nSPS) is 20.7. The first-order valence-corrected chi connectivity index (χ1v) is 18.7. The minimum atomic E-state index is -1.87. The van der Waals surface area contributed by atoms with Gasteiger partial charge in [0.15, 0.2) is 10.4 Å². The van der Waals surface area contributed by atoms with Crippen molar-refractivity contribution >= 4 is 82.2 Å². The minimum absolute atomic E-state index is 0.00724. The lowest BCUT2D eigenvalue weighted by molar-refractivity contribution is -0.151. The molecule has 1 saturated heterocycles. The summed E-state index contributed by atoms with van der Waals surface area (Å²) in [6, 6.07) is -2.97. The molecule has 1 fully saturated rings. The Morgan fingerprint density at radius 3 is 2.21 bits per heavy atom. The maximum Gasteiger partial charge on any atom is 0.352 e. The predicted octanol–water partition coefficient (Wildman–Crippen LogP) is -3.23. The number of thioether (sulfide) groups is 3. The number of nitrogens with zero attached hydrogens (tertiary/aromatic N) is 12. The number of aliphatic carboxylic acids is 2. The Labute approximate surface area is 307 Å². The second-order valence-corrected chi connectivity index (χ2v) is 15.6. The van der Waals surface area contributed by atoms with Crippen LogP contribution in [-0.4, -0.2) is 158 Å². The fraction of sp³-hybridized carbons (Fsp3) is 0.440. The van der Waals surface area contributed by atoms with Gasteiger partial charge in [-0.25, -0.2) is 19.0 Å². The standard InChI is InChI=1S/C25H26N14O9S4/c1-10-30-31-25(52-10)51-7-12-6-50-22(16(23(45)46)29-14(42)3-37-9-27-33-35-37)39(18(12)24(47)48)20(44)17-11(4-40)5-49-21-15(19(43)38(17)21)28-13(41)2-36-8-26-32-34-36/h8-9,15-16,21-22,40H,2-7H2,1H3,(H,28,41)(H,29,42)(H,45,46)(H,47,48)/t15-,16+,21-,22-/m1/s1. The number of rotatable bonds is 14. The number of aliphatic hydroxyl groups excluding tert-OH is 1. The smallest absolute Gasteiger partial charge is 0.352 e. The number of carbonyl (C=O) groups is 6. The SMILES string of the molecule is Cc1nnc(SCC2=C(C(=O)O)N(C(=O)C3=C(CO)CS[C@@H]4[C@H](NC(=O)Cn5cnnn5)C(=O)N34)[C@@H]([C@H](NC(=O)Cn3cnnn3)C(=O)O)SC2)s1. The van der Waals surface area contributed by atoms with E-state index in [0.717, 1.165) is 60.8 Å². The van der Waals surface area contributed by atoms with Crippen LogP contribution in [0.4, 0.5) is 0 Å². The van der Waals surface area contributed by atoms with Crippen LogP contribution in [0.5, 0.6) is 0 Å². The van der Waals surface area contributed by atoms with Gasteiger partial charge < -0.3 is 26.0 Å². The lowest BCUT2D eigenvalue weighted by atomic mass is 10.0. The third-order valence-electron chi connectivity index (χ3n) is 7.58. The average molecular weight is 795 g/mol. The Hall–Kier alpha value is -4.99. The van der Waals surface area contributed by atoms with Crippen LogP contribution in [-0.2, 0) is 41.9 Å². The summed E-state index contributed by atoms with van der Waals surface area (Å²) >= 11 is 4.47. The van der Waals surface area contributed by atoms with E-state index in [9.17, 15) is 44.1 Å². The van der Waals surface area contributed by atoms with Gasteiger partial charge in [0.1, 0.15) is 58.9 Å². The highest BCUT2D eigenvalue weighted by atomic mass is 32.2. The van der Waals surface area contributed by atoms with Crippen LogP contribution in [0.1, 0.15) is 5.01 Å². The van der Waals surface area contributed by atoms with Crippen LogP contribution >= 0.6 is 46.6 Å². The highest BCUT2D eigenvalue weighted by Crippen LogP contribution is 2.43. The molecule has 0 radical (unpaired) electrons. The van der Waals surface area contributed by atoms with Crippen molar-refractivity contribution in [2.24, 2.45) is 0 Å². The number of aryl methyl sites for hydroxylation is 1. The molecule has 3 aromatic rings. The number of fused-ring (bicyclic) bond motifs is 1. The fourth-order valence-corrected chi connectivity index (χ4v) is 9.98. The van der Waals surface area contributed by atoms with Crippen molar-refractivity contribution in [2.45, 2.75) is 47.2 Å². The number of tetrazole rings is 2. The van der Waals surface area contributed by atoms with Gasteiger partial charge in [0.2, 0.25) is 11.8 Å². The summed E-state index contributed by atoms with van der Waals surface area (Å²) in [5.74, 6) is -6.50. The highest BCUT2D eigenvalue weighted by molar-refractivity contribution is 8.01. The summed E-state index contributed by atoms with van der Waals surface area (Å²) in [4.78, 5) is 81.6. The lowest BCUT2D eigenvalue weighted by Crippen LogP contribution is -2.71. The van der Waals surface area contributed by atoms with Crippen molar-refractivity contribution in [3.63, 3.8) is 0 Å². The van der Waals surface area contributed by atoms with Gasteiger partial charge in [-0.15, -0.1) is 43.9 Å². The van der Waals surface area contributed by atoms with Gasteiger partial charge in [-0.2, -0.15) is 0 Å². The average Bonchev–Trinajstić information content (AvgIpc) is 3.91. The summed E-state index contributed by atoms with van der Waals surface area (Å²) < 4.78 is 2.69. The van der Waals surface area contributed by atoms with E-state index >= 15 is 0 Å². The second-order valence-electron chi connectivity index (χ2n) is 11.0. The van der Waals surface area contributed by atoms with Crippen LogP contribution in [0.15, 0.2) is 39.5 Å².